The second-order valence-electron chi connectivity index (χ2n) is 7.17. The number of anilines is 1. The summed E-state index contributed by atoms with van der Waals surface area (Å²) in [6, 6.07) is 4.58. The Hall–Kier alpha value is -1.66. The first-order chi connectivity index (χ1) is 11.5. The molecule has 2 aliphatic rings. The van der Waals surface area contributed by atoms with Gasteiger partial charge in [0.2, 0.25) is 0 Å². The maximum absolute atomic E-state index is 12.5. The molecule has 5 nitrogen and oxygen atoms in total. The van der Waals surface area contributed by atoms with Crippen molar-refractivity contribution in [2.24, 2.45) is 13.0 Å². The van der Waals surface area contributed by atoms with Crippen molar-refractivity contribution >= 4 is 23.1 Å². The molecule has 2 aromatic rings. The summed E-state index contributed by atoms with van der Waals surface area (Å²) >= 11 is 1.59. The van der Waals surface area contributed by atoms with E-state index in [9.17, 15) is 4.79 Å². The number of nitrogens with one attached hydrogen (secondary N) is 2. The molecule has 24 heavy (non-hydrogen) atoms. The standard InChI is InChI=1S/C18H24N4OS/c1-10-6-17(22(3)21-10)20-18(23)16-8-13(11(2)24-16)14-7-15(14)19-9-12-4-5-12/h6,8,12,14-15,19H,4-5,7,9H2,1-3H3,(H,20,23). The molecule has 2 unspecified atom stereocenters. The minimum atomic E-state index is -0.0412. The van der Waals surface area contributed by atoms with Crippen molar-refractivity contribution in [1.29, 1.82) is 0 Å². The van der Waals surface area contributed by atoms with E-state index in [1.165, 1.54) is 29.7 Å². The van der Waals surface area contributed by atoms with Crippen molar-refractivity contribution in [3.63, 3.8) is 0 Å². The van der Waals surface area contributed by atoms with Crippen molar-refractivity contribution in [2.75, 3.05) is 11.9 Å². The Morgan fingerprint density at radius 3 is 2.83 bits per heavy atom. The molecule has 0 radical (unpaired) electrons. The number of amides is 1. The van der Waals surface area contributed by atoms with Gasteiger partial charge in [0.1, 0.15) is 5.82 Å². The molecule has 128 valence electrons. The van der Waals surface area contributed by atoms with Gasteiger partial charge in [0.15, 0.2) is 0 Å². The number of hydrogen-bond donors (Lipinski definition) is 2. The van der Waals surface area contributed by atoms with E-state index < -0.39 is 0 Å². The van der Waals surface area contributed by atoms with Crippen molar-refractivity contribution in [2.45, 2.75) is 45.1 Å². The van der Waals surface area contributed by atoms with Crippen LogP contribution >= 0.6 is 11.3 Å². The van der Waals surface area contributed by atoms with Gasteiger partial charge < -0.3 is 10.6 Å². The maximum atomic E-state index is 12.5. The lowest BCUT2D eigenvalue weighted by atomic mass is 10.1. The van der Waals surface area contributed by atoms with E-state index in [2.05, 4.69) is 28.7 Å². The van der Waals surface area contributed by atoms with Gasteiger partial charge in [0.05, 0.1) is 10.6 Å². The lowest BCUT2D eigenvalue weighted by molar-refractivity contribution is 0.102. The molecule has 2 aliphatic carbocycles. The molecular weight excluding hydrogens is 320 g/mol. The van der Waals surface area contributed by atoms with Crippen LogP contribution in [0, 0.1) is 19.8 Å². The third-order valence-electron chi connectivity index (χ3n) is 4.98. The second-order valence-corrected chi connectivity index (χ2v) is 8.43. The quantitative estimate of drug-likeness (QED) is 0.846. The van der Waals surface area contributed by atoms with Crippen LogP contribution in [0.2, 0.25) is 0 Å². The molecule has 0 saturated heterocycles. The Balaban J connectivity index is 1.41. The minimum Gasteiger partial charge on any atom is -0.313 e. The van der Waals surface area contributed by atoms with Crippen LogP contribution in [0.5, 0.6) is 0 Å². The molecule has 2 atom stereocenters. The van der Waals surface area contributed by atoms with Crippen LogP contribution in [0.15, 0.2) is 12.1 Å². The third-order valence-corrected chi connectivity index (χ3v) is 6.04. The van der Waals surface area contributed by atoms with Gasteiger partial charge in [-0.1, -0.05) is 0 Å². The van der Waals surface area contributed by atoms with Crippen LogP contribution in [0.25, 0.3) is 0 Å². The smallest absolute Gasteiger partial charge is 0.266 e. The van der Waals surface area contributed by atoms with Gasteiger partial charge in [0, 0.05) is 30.0 Å². The van der Waals surface area contributed by atoms with Crippen LogP contribution in [0.1, 0.15) is 51.0 Å². The van der Waals surface area contributed by atoms with Gasteiger partial charge in [-0.2, -0.15) is 5.10 Å². The Bertz CT molecular complexity index is 774. The number of rotatable bonds is 6. The van der Waals surface area contributed by atoms with Gasteiger partial charge in [-0.3, -0.25) is 9.48 Å². The number of carbonyl (C=O) groups excluding carboxylic acids is 1. The molecule has 4 rings (SSSR count). The Morgan fingerprint density at radius 2 is 2.17 bits per heavy atom. The predicted molar refractivity (Wildman–Crippen MR) is 96.8 cm³/mol. The average molecular weight is 344 g/mol. The van der Waals surface area contributed by atoms with Gasteiger partial charge >= 0.3 is 0 Å². The summed E-state index contributed by atoms with van der Waals surface area (Å²) in [6.07, 6.45) is 3.98. The topological polar surface area (TPSA) is 59.0 Å². The highest BCUT2D eigenvalue weighted by Gasteiger charge is 2.40. The van der Waals surface area contributed by atoms with Crippen LogP contribution < -0.4 is 10.6 Å². The van der Waals surface area contributed by atoms with E-state index in [-0.39, 0.29) is 5.91 Å². The molecule has 1 amide bonds. The highest BCUT2D eigenvalue weighted by atomic mass is 32.1. The molecule has 2 aromatic heterocycles. The first-order valence-corrected chi connectivity index (χ1v) is 9.48. The van der Waals surface area contributed by atoms with Crippen molar-refractivity contribution in [3.05, 3.63) is 33.1 Å². The Kier molecular flexibility index (Phi) is 3.96. The zero-order chi connectivity index (χ0) is 16.8. The highest BCUT2D eigenvalue weighted by Crippen LogP contribution is 2.45. The van der Waals surface area contributed by atoms with E-state index in [1.54, 1.807) is 16.0 Å². The molecule has 6 heteroatoms. The lowest BCUT2D eigenvalue weighted by Gasteiger charge is -2.03. The van der Waals surface area contributed by atoms with Crippen LogP contribution in [-0.4, -0.2) is 28.3 Å². The fourth-order valence-corrected chi connectivity index (χ4v) is 4.27. The summed E-state index contributed by atoms with van der Waals surface area (Å²) < 4.78 is 1.70. The summed E-state index contributed by atoms with van der Waals surface area (Å²) in [4.78, 5) is 14.6. The number of aromatic nitrogens is 2. The Labute approximate surface area is 146 Å². The van der Waals surface area contributed by atoms with Crippen molar-refractivity contribution in [1.82, 2.24) is 15.1 Å². The fourth-order valence-electron chi connectivity index (χ4n) is 3.29. The normalized spacial score (nSPS) is 22.6. The van der Waals surface area contributed by atoms with Crippen molar-refractivity contribution < 1.29 is 4.79 Å². The number of thiophene rings is 1. The lowest BCUT2D eigenvalue weighted by Crippen LogP contribution is -2.20. The summed E-state index contributed by atoms with van der Waals surface area (Å²) in [6.45, 7) is 5.21. The van der Waals surface area contributed by atoms with Crippen LogP contribution in [0.3, 0.4) is 0 Å². The van der Waals surface area contributed by atoms with E-state index >= 15 is 0 Å². The minimum absolute atomic E-state index is 0.0412. The molecular formula is C18H24N4OS. The van der Waals surface area contributed by atoms with E-state index in [0.29, 0.717) is 12.0 Å². The van der Waals surface area contributed by atoms with Crippen LogP contribution in [0.4, 0.5) is 5.82 Å². The SMILES string of the molecule is Cc1cc(NC(=O)c2cc(C3CC3NCC3CC3)c(C)s2)n(C)n1. The largest absolute Gasteiger partial charge is 0.313 e. The van der Waals surface area contributed by atoms with Gasteiger partial charge in [-0.05, 0) is 57.2 Å². The first kappa shape index (κ1) is 15.8. The van der Waals surface area contributed by atoms with Gasteiger partial charge in [-0.15, -0.1) is 11.3 Å². The van der Waals surface area contributed by atoms with Crippen molar-refractivity contribution in [3.8, 4) is 0 Å². The number of nitrogens with zero attached hydrogens (tertiary/aromatic N) is 2. The molecule has 0 spiro atoms. The molecule has 2 fully saturated rings. The number of aryl methyl sites for hydroxylation is 3. The zero-order valence-corrected chi connectivity index (χ0v) is 15.2. The van der Waals surface area contributed by atoms with E-state index in [1.807, 2.05) is 20.0 Å². The molecule has 0 bridgehead atoms. The zero-order valence-electron chi connectivity index (χ0n) is 14.4. The number of hydrogen-bond acceptors (Lipinski definition) is 4. The monoisotopic (exact) mass is 344 g/mol. The molecule has 2 saturated carbocycles. The predicted octanol–water partition coefficient (Wildman–Crippen LogP) is 3.21. The van der Waals surface area contributed by atoms with Gasteiger partial charge in [-0.25, -0.2) is 0 Å². The van der Waals surface area contributed by atoms with E-state index in [0.717, 1.165) is 28.9 Å². The van der Waals surface area contributed by atoms with Crippen LogP contribution in [-0.2, 0) is 7.05 Å². The van der Waals surface area contributed by atoms with E-state index in [4.69, 9.17) is 0 Å². The fraction of sp³-hybridized carbons (Fsp3) is 0.556. The summed E-state index contributed by atoms with van der Waals surface area (Å²) in [5, 5.41) is 10.9. The Morgan fingerprint density at radius 1 is 1.38 bits per heavy atom. The second kappa shape index (κ2) is 6.01. The first-order valence-electron chi connectivity index (χ1n) is 8.67. The average Bonchev–Trinajstić information content (AvgIpc) is 3.42. The highest BCUT2D eigenvalue weighted by molar-refractivity contribution is 7.14. The molecule has 2 heterocycles. The molecule has 0 aromatic carbocycles. The summed E-state index contributed by atoms with van der Waals surface area (Å²) in [5.41, 5.74) is 2.25. The third kappa shape index (κ3) is 3.26. The van der Waals surface area contributed by atoms with Gasteiger partial charge in [0.25, 0.3) is 5.91 Å². The molecule has 0 aliphatic heterocycles. The molecule has 2 N–H and O–H groups in total. The summed E-state index contributed by atoms with van der Waals surface area (Å²) in [7, 11) is 1.84. The summed E-state index contributed by atoms with van der Waals surface area (Å²) in [5.74, 6) is 2.19. The maximum Gasteiger partial charge on any atom is 0.266 e. The number of carbonyl (C=O) groups is 1.